The Balaban J connectivity index is 2.06. The van der Waals surface area contributed by atoms with E-state index in [2.05, 4.69) is 31.2 Å². The van der Waals surface area contributed by atoms with Crippen LogP contribution in [0.15, 0.2) is 48.5 Å². The normalized spacial score (nSPS) is 12.1. The Morgan fingerprint density at radius 1 is 1.15 bits per heavy atom. The van der Waals surface area contributed by atoms with Crippen LogP contribution < -0.4 is 5.73 Å². The van der Waals surface area contributed by atoms with Crippen molar-refractivity contribution < 1.29 is 9.90 Å². The first kappa shape index (κ1) is 14.3. The molecule has 0 aliphatic carbocycles. The highest BCUT2D eigenvalue weighted by Gasteiger charge is 2.10. The molecule has 0 saturated heterocycles. The number of nitrogens with two attached hydrogens (primary N) is 1. The summed E-state index contributed by atoms with van der Waals surface area (Å²) in [6.45, 7) is 2.08. The SMILES string of the molecule is Cc1cccc(Cc2ccc([C@@H](N)CC(=O)O)cc2)c1. The third-order valence-corrected chi connectivity index (χ3v) is 3.29. The molecule has 2 aromatic carbocycles. The quantitative estimate of drug-likeness (QED) is 0.876. The number of carboxylic acid groups (broad SMARTS) is 1. The van der Waals surface area contributed by atoms with E-state index in [0.29, 0.717) is 0 Å². The van der Waals surface area contributed by atoms with Crippen molar-refractivity contribution in [2.45, 2.75) is 25.8 Å². The molecule has 0 aromatic heterocycles. The molecule has 0 saturated carbocycles. The molecule has 3 heteroatoms. The molecule has 104 valence electrons. The number of carbonyl (C=O) groups is 1. The Morgan fingerprint density at radius 2 is 1.85 bits per heavy atom. The number of aryl methyl sites for hydroxylation is 1. The van der Waals surface area contributed by atoms with Gasteiger partial charge in [-0.25, -0.2) is 0 Å². The van der Waals surface area contributed by atoms with Crippen molar-refractivity contribution >= 4 is 5.97 Å². The highest BCUT2D eigenvalue weighted by molar-refractivity contribution is 5.67. The molecule has 0 aliphatic heterocycles. The van der Waals surface area contributed by atoms with Gasteiger partial charge in [0.2, 0.25) is 0 Å². The lowest BCUT2D eigenvalue weighted by molar-refractivity contribution is -0.137. The molecule has 0 fully saturated rings. The minimum absolute atomic E-state index is 0.0444. The van der Waals surface area contributed by atoms with Gasteiger partial charge in [0.05, 0.1) is 6.42 Å². The van der Waals surface area contributed by atoms with Crippen LogP contribution in [0.2, 0.25) is 0 Å². The van der Waals surface area contributed by atoms with Gasteiger partial charge in [-0.05, 0) is 30.0 Å². The fourth-order valence-electron chi connectivity index (χ4n) is 2.25. The second-order valence-corrected chi connectivity index (χ2v) is 5.11. The van der Waals surface area contributed by atoms with Crippen molar-refractivity contribution in [3.63, 3.8) is 0 Å². The molecule has 0 heterocycles. The summed E-state index contributed by atoms with van der Waals surface area (Å²) in [6, 6.07) is 15.8. The lowest BCUT2D eigenvalue weighted by Crippen LogP contribution is -2.14. The molecule has 0 bridgehead atoms. The van der Waals surface area contributed by atoms with Crippen LogP contribution in [0, 0.1) is 6.92 Å². The zero-order valence-corrected chi connectivity index (χ0v) is 11.5. The molecule has 2 rings (SSSR count). The van der Waals surface area contributed by atoms with Gasteiger partial charge in [0.25, 0.3) is 0 Å². The number of carboxylic acids is 1. The Labute approximate surface area is 119 Å². The molecule has 0 spiro atoms. The molecule has 0 amide bonds. The van der Waals surface area contributed by atoms with E-state index in [4.69, 9.17) is 10.8 Å². The minimum Gasteiger partial charge on any atom is -0.481 e. The van der Waals surface area contributed by atoms with Crippen molar-refractivity contribution in [1.82, 2.24) is 0 Å². The summed E-state index contributed by atoms with van der Waals surface area (Å²) in [7, 11) is 0. The first-order valence-corrected chi connectivity index (χ1v) is 6.66. The lowest BCUT2D eigenvalue weighted by Gasteiger charge is -2.10. The summed E-state index contributed by atoms with van der Waals surface area (Å²) in [5.74, 6) is -0.874. The van der Waals surface area contributed by atoms with Gasteiger partial charge in [-0.2, -0.15) is 0 Å². The van der Waals surface area contributed by atoms with Crippen LogP contribution in [0.4, 0.5) is 0 Å². The predicted octanol–water partition coefficient (Wildman–Crippen LogP) is 3.06. The van der Waals surface area contributed by atoms with Gasteiger partial charge in [0.15, 0.2) is 0 Å². The third kappa shape index (κ3) is 3.93. The largest absolute Gasteiger partial charge is 0.481 e. The van der Waals surface area contributed by atoms with Crippen LogP contribution >= 0.6 is 0 Å². The van der Waals surface area contributed by atoms with Crippen LogP contribution in [0.1, 0.15) is 34.7 Å². The standard InChI is InChI=1S/C17H19NO2/c1-12-3-2-4-14(9-12)10-13-5-7-15(8-6-13)16(18)11-17(19)20/h2-9,16H,10-11,18H2,1H3,(H,19,20)/t16-/m0/s1. The van der Waals surface area contributed by atoms with E-state index in [1.165, 1.54) is 16.7 Å². The molecule has 0 unspecified atom stereocenters. The molecule has 2 aromatic rings. The van der Waals surface area contributed by atoms with E-state index in [-0.39, 0.29) is 6.42 Å². The average molecular weight is 269 g/mol. The summed E-state index contributed by atoms with van der Waals surface area (Å²) in [5, 5.41) is 8.74. The van der Waals surface area contributed by atoms with Crippen LogP contribution in [-0.2, 0) is 11.2 Å². The Bertz CT molecular complexity index is 590. The van der Waals surface area contributed by atoms with Crippen molar-refractivity contribution in [2.75, 3.05) is 0 Å². The number of hydrogen-bond donors (Lipinski definition) is 2. The Morgan fingerprint density at radius 3 is 2.45 bits per heavy atom. The fourth-order valence-corrected chi connectivity index (χ4v) is 2.25. The number of hydrogen-bond acceptors (Lipinski definition) is 2. The van der Waals surface area contributed by atoms with Gasteiger partial charge in [-0.1, -0.05) is 54.1 Å². The van der Waals surface area contributed by atoms with E-state index in [9.17, 15) is 4.79 Å². The summed E-state index contributed by atoms with van der Waals surface area (Å²) >= 11 is 0. The first-order valence-electron chi connectivity index (χ1n) is 6.66. The molecule has 20 heavy (non-hydrogen) atoms. The molecule has 3 nitrogen and oxygen atoms in total. The van der Waals surface area contributed by atoms with Gasteiger partial charge in [0, 0.05) is 6.04 Å². The molecule has 0 radical (unpaired) electrons. The van der Waals surface area contributed by atoms with E-state index >= 15 is 0 Å². The zero-order valence-electron chi connectivity index (χ0n) is 11.5. The van der Waals surface area contributed by atoms with Crippen LogP contribution in [0.3, 0.4) is 0 Å². The van der Waals surface area contributed by atoms with E-state index in [1.54, 1.807) is 0 Å². The van der Waals surface area contributed by atoms with Crippen LogP contribution in [-0.4, -0.2) is 11.1 Å². The van der Waals surface area contributed by atoms with Gasteiger partial charge < -0.3 is 10.8 Å². The Kier molecular flexibility index (Phi) is 4.53. The summed E-state index contributed by atoms with van der Waals surface area (Å²) in [6.07, 6.45) is 0.827. The van der Waals surface area contributed by atoms with Crippen molar-refractivity contribution in [3.8, 4) is 0 Å². The lowest BCUT2D eigenvalue weighted by atomic mass is 9.99. The maximum atomic E-state index is 10.6. The smallest absolute Gasteiger partial charge is 0.305 e. The molecule has 1 atom stereocenters. The van der Waals surface area contributed by atoms with Crippen molar-refractivity contribution in [3.05, 3.63) is 70.8 Å². The Hall–Kier alpha value is -2.13. The highest BCUT2D eigenvalue weighted by atomic mass is 16.4. The van der Waals surface area contributed by atoms with Crippen molar-refractivity contribution in [1.29, 1.82) is 0 Å². The third-order valence-electron chi connectivity index (χ3n) is 3.29. The number of benzene rings is 2. The summed E-state index contributed by atoms with van der Waals surface area (Å²) < 4.78 is 0. The fraction of sp³-hybridized carbons (Fsp3) is 0.235. The van der Waals surface area contributed by atoms with Gasteiger partial charge >= 0.3 is 5.97 Å². The van der Waals surface area contributed by atoms with E-state index in [0.717, 1.165) is 12.0 Å². The number of aliphatic carboxylic acids is 1. The summed E-state index contributed by atoms with van der Waals surface area (Å²) in [4.78, 5) is 10.6. The average Bonchev–Trinajstić information content (AvgIpc) is 2.38. The van der Waals surface area contributed by atoms with Crippen LogP contribution in [0.25, 0.3) is 0 Å². The second kappa shape index (κ2) is 6.35. The molecular formula is C17H19NO2. The summed E-state index contributed by atoms with van der Waals surface area (Å²) in [5.41, 5.74) is 10.4. The number of rotatable bonds is 5. The van der Waals surface area contributed by atoms with Crippen LogP contribution in [0.5, 0.6) is 0 Å². The molecule has 3 N–H and O–H groups in total. The molecule has 0 aliphatic rings. The molecular weight excluding hydrogens is 250 g/mol. The maximum absolute atomic E-state index is 10.6. The zero-order chi connectivity index (χ0) is 14.5. The topological polar surface area (TPSA) is 63.3 Å². The van der Waals surface area contributed by atoms with Gasteiger partial charge in [0.1, 0.15) is 0 Å². The monoisotopic (exact) mass is 269 g/mol. The first-order chi connectivity index (χ1) is 9.54. The highest BCUT2D eigenvalue weighted by Crippen LogP contribution is 2.17. The van der Waals surface area contributed by atoms with Crippen molar-refractivity contribution in [2.24, 2.45) is 5.73 Å². The van der Waals surface area contributed by atoms with Gasteiger partial charge in [-0.15, -0.1) is 0 Å². The van der Waals surface area contributed by atoms with E-state index < -0.39 is 12.0 Å². The van der Waals surface area contributed by atoms with Gasteiger partial charge in [-0.3, -0.25) is 4.79 Å². The van der Waals surface area contributed by atoms with E-state index in [1.807, 2.05) is 24.3 Å². The minimum atomic E-state index is -0.874. The maximum Gasteiger partial charge on any atom is 0.305 e. The second-order valence-electron chi connectivity index (χ2n) is 5.11. The predicted molar refractivity (Wildman–Crippen MR) is 79.6 cm³/mol.